The van der Waals surface area contributed by atoms with E-state index in [1.165, 1.54) is 12.8 Å². The molecule has 0 unspecified atom stereocenters. The van der Waals surface area contributed by atoms with Gasteiger partial charge in [0.05, 0.1) is 28.4 Å². The van der Waals surface area contributed by atoms with E-state index < -0.39 is 5.97 Å². The molecule has 0 spiro atoms. The highest BCUT2D eigenvalue weighted by Gasteiger charge is 2.37. The fourth-order valence-electron chi connectivity index (χ4n) is 9.22. The topological polar surface area (TPSA) is 89.2 Å². The maximum absolute atomic E-state index is 15.2. The number of carboxylic acid groups (broad SMARTS) is 1. The lowest BCUT2D eigenvalue weighted by Gasteiger charge is -2.34. The summed E-state index contributed by atoms with van der Waals surface area (Å²) in [6, 6.07) is 17.0. The predicted octanol–water partition coefficient (Wildman–Crippen LogP) is 10.7. The normalized spacial score (nSPS) is 15.8. The Kier molecular flexibility index (Phi) is 11.0. The van der Waals surface area contributed by atoms with Crippen molar-refractivity contribution in [1.29, 1.82) is 0 Å². The van der Waals surface area contributed by atoms with Crippen molar-refractivity contribution < 1.29 is 24.2 Å². The van der Waals surface area contributed by atoms with Gasteiger partial charge in [0.25, 0.3) is 5.91 Å². The third-order valence-corrected chi connectivity index (χ3v) is 12.9. The van der Waals surface area contributed by atoms with E-state index in [9.17, 15) is 9.90 Å². The SMILES string of the molecule is Cc1cc(OCCCc2c3n(c4c(-c5c(C)cc(OCCN6CCCC6)cc5C)c(Cl)ccc24)[C@H](C)CN(c2cn(C)c4ccc(C(=O)O)cc24)C3=O)cc(C)c1Cl. The Morgan fingerprint density at radius 1 is 0.845 bits per heavy atom. The van der Waals surface area contributed by atoms with Crippen LogP contribution >= 0.6 is 23.2 Å². The van der Waals surface area contributed by atoms with Crippen LogP contribution in [0.3, 0.4) is 0 Å². The second-order valence-corrected chi connectivity index (χ2v) is 16.9. The number of benzene rings is 4. The van der Waals surface area contributed by atoms with Gasteiger partial charge in [-0.2, -0.15) is 0 Å². The smallest absolute Gasteiger partial charge is 0.335 e. The van der Waals surface area contributed by atoms with E-state index in [0.29, 0.717) is 54.4 Å². The van der Waals surface area contributed by atoms with Crippen molar-refractivity contribution >= 4 is 62.6 Å². The number of nitrogens with zero attached hydrogens (tertiary/aromatic N) is 4. The molecule has 1 saturated heterocycles. The lowest BCUT2D eigenvalue weighted by Crippen LogP contribution is -2.42. The molecule has 11 heteroatoms. The standard InChI is InChI=1S/C47H50Cl2N4O5/c1-27-20-33(58-19-17-51-15-7-8-16-51)21-28(2)41(27)42-38(48)13-12-36-35(10-9-18-57-34-22-29(3)43(49)30(4)23-34)45-46(54)52(25-31(5)53(45)44(36)42)40-26-50(6)39-14-11-32(47(55)56)24-37(39)40/h11-14,20-24,26,31H,7-10,15-19,25H2,1-6H3,(H,55,56)/t31-/m1/s1. The van der Waals surface area contributed by atoms with Gasteiger partial charge in [0.1, 0.15) is 23.8 Å². The molecule has 4 aromatic carbocycles. The summed E-state index contributed by atoms with van der Waals surface area (Å²) in [4.78, 5) is 31.5. The molecule has 302 valence electrons. The van der Waals surface area contributed by atoms with Gasteiger partial charge in [-0.1, -0.05) is 29.3 Å². The van der Waals surface area contributed by atoms with Crippen molar-refractivity contribution in [3.63, 3.8) is 0 Å². The third-order valence-electron chi connectivity index (χ3n) is 11.9. The van der Waals surface area contributed by atoms with Crippen molar-refractivity contribution in [3.05, 3.63) is 110 Å². The number of halogens is 2. The number of carbonyl (C=O) groups is 2. The molecule has 2 aliphatic heterocycles. The zero-order valence-corrected chi connectivity index (χ0v) is 35.6. The average Bonchev–Trinajstić information content (AvgIpc) is 3.91. The molecule has 1 amide bonds. The number of carbonyl (C=O) groups excluding carboxylic acids is 1. The molecule has 1 fully saturated rings. The van der Waals surface area contributed by atoms with Gasteiger partial charge < -0.3 is 28.6 Å². The molecule has 2 aliphatic rings. The monoisotopic (exact) mass is 820 g/mol. The zero-order chi connectivity index (χ0) is 41.0. The van der Waals surface area contributed by atoms with Crippen LogP contribution in [-0.4, -0.2) is 70.4 Å². The fraction of sp³-hybridized carbons (Fsp3) is 0.362. The van der Waals surface area contributed by atoms with Gasteiger partial charge in [-0.25, -0.2) is 4.79 Å². The summed E-state index contributed by atoms with van der Waals surface area (Å²) in [5.74, 6) is 0.449. The molecule has 0 saturated carbocycles. The second-order valence-electron chi connectivity index (χ2n) is 16.1. The van der Waals surface area contributed by atoms with Gasteiger partial charge in [0.15, 0.2) is 0 Å². The second kappa shape index (κ2) is 16.0. The average molecular weight is 822 g/mol. The molecular weight excluding hydrogens is 771 g/mol. The maximum atomic E-state index is 15.2. The number of rotatable bonds is 12. The van der Waals surface area contributed by atoms with Crippen LogP contribution in [-0.2, 0) is 13.5 Å². The number of hydrogen-bond acceptors (Lipinski definition) is 5. The molecular formula is C47H50Cl2N4O5. The van der Waals surface area contributed by atoms with Crippen LogP contribution in [0, 0.1) is 27.7 Å². The Morgan fingerprint density at radius 2 is 1.50 bits per heavy atom. The van der Waals surface area contributed by atoms with E-state index >= 15 is 4.79 Å². The quantitative estimate of drug-likeness (QED) is 0.124. The Labute approximate surface area is 349 Å². The lowest BCUT2D eigenvalue weighted by molar-refractivity contribution is 0.0696. The number of carboxylic acids is 1. The van der Waals surface area contributed by atoms with E-state index in [1.807, 2.05) is 54.8 Å². The van der Waals surface area contributed by atoms with Gasteiger partial charge in [-0.15, -0.1) is 0 Å². The molecule has 4 heterocycles. The summed E-state index contributed by atoms with van der Waals surface area (Å²) < 4.78 is 16.7. The van der Waals surface area contributed by atoms with E-state index in [1.54, 1.807) is 18.2 Å². The van der Waals surface area contributed by atoms with Crippen molar-refractivity contribution in [1.82, 2.24) is 14.0 Å². The van der Waals surface area contributed by atoms with Crippen molar-refractivity contribution in [2.75, 3.05) is 44.3 Å². The molecule has 0 aliphatic carbocycles. The van der Waals surface area contributed by atoms with Crippen LogP contribution in [0.2, 0.25) is 10.0 Å². The molecule has 58 heavy (non-hydrogen) atoms. The highest BCUT2D eigenvalue weighted by Crippen LogP contribution is 2.46. The molecule has 2 aromatic heterocycles. The summed E-state index contributed by atoms with van der Waals surface area (Å²) >= 11 is 13.7. The number of ether oxygens (including phenoxy) is 2. The molecule has 1 atom stereocenters. The summed E-state index contributed by atoms with van der Waals surface area (Å²) in [5.41, 5.74) is 10.1. The van der Waals surface area contributed by atoms with E-state index in [0.717, 1.165) is 91.5 Å². The highest BCUT2D eigenvalue weighted by atomic mass is 35.5. The Bertz CT molecular complexity index is 2560. The maximum Gasteiger partial charge on any atom is 0.335 e. The van der Waals surface area contributed by atoms with Crippen LogP contribution < -0.4 is 14.4 Å². The lowest BCUT2D eigenvalue weighted by atomic mass is 9.93. The van der Waals surface area contributed by atoms with Crippen molar-refractivity contribution in [2.45, 2.75) is 66.3 Å². The third kappa shape index (κ3) is 7.22. The largest absolute Gasteiger partial charge is 0.494 e. The molecule has 0 bridgehead atoms. The van der Waals surface area contributed by atoms with Gasteiger partial charge in [0.2, 0.25) is 0 Å². The summed E-state index contributed by atoms with van der Waals surface area (Å²) in [5, 5.41) is 12.9. The first kappa shape index (κ1) is 39.8. The number of aromatic carboxylic acids is 1. The molecule has 6 aromatic rings. The van der Waals surface area contributed by atoms with Crippen molar-refractivity contribution in [2.24, 2.45) is 7.05 Å². The highest BCUT2D eigenvalue weighted by molar-refractivity contribution is 6.35. The van der Waals surface area contributed by atoms with Gasteiger partial charge in [0, 0.05) is 59.3 Å². The van der Waals surface area contributed by atoms with Gasteiger partial charge in [-0.3, -0.25) is 9.69 Å². The molecule has 0 radical (unpaired) electrons. The number of hydrogen-bond donors (Lipinski definition) is 1. The first-order valence-corrected chi connectivity index (χ1v) is 20.9. The first-order chi connectivity index (χ1) is 27.8. The summed E-state index contributed by atoms with van der Waals surface area (Å²) in [6.45, 7) is 14.9. The number of aryl methyl sites for hydroxylation is 6. The van der Waals surface area contributed by atoms with Crippen LogP contribution in [0.25, 0.3) is 32.9 Å². The Morgan fingerprint density at radius 3 is 2.17 bits per heavy atom. The summed E-state index contributed by atoms with van der Waals surface area (Å²) in [7, 11) is 1.92. The van der Waals surface area contributed by atoms with E-state index in [4.69, 9.17) is 32.7 Å². The van der Waals surface area contributed by atoms with Crippen LogP contribution in [0.4, 0.5) is 5.69 Å². The predicted molar refractivity (Wildman–Crippen MR) is 234 cm³/mol. The first-order valence-electron chi connectivity index (χ1n) is 20.2. The number of amides is 1. The van der Waals surface area contributed by atoms with Crippen molar-refractivity contribution in [3.8, 4) is 22.6 Å². The minimum atomic E-state index is -1.01. The molecule has 9 nitrogen and oxygen atoms in total. The van der Waals surface area contributed by atoms with Gasteiger partial charge >= 0.3 is 5.97 Å². The summed E-state index contributed by atoms with van der Waals surface area (Å²) in [6.07, 6.45) is 5.66. The van der Waals surface area contributed by atoms with E-state index in [2.05, 4.69) is 48.4 Å². The Balaban J connectivity index is 1.22. The zero-order valence-electron chi connectivity index (χ0n) is 34.0. The number of fused-ring (bicyclic) bond motifs is 4. The Hall–Kier alpha value is -4.96. The van der Waals surface area contributed by atoms with Crippen LogP contribution in [0.15, 0.2) is 60.8 Å². The fourth-order valence-corrected chi connectivity index (χ4v) is 9.58. The number of aromatic nitrogens is 2. The molecule has 1 N–H and O–H groups in total. The van der Waals surface area contributed by atoms with Crippen LogP contribution in [0.1, 0.15) is 80.9 Å². The number of anilines is 1. The van der Waals surface area contributed by atoms with E-state index in [-0.39, 0.29) is 17.5 Å². The minimum Gasteiger partial charge on any atom is -0.494 e. The molecule has 8 rings (SSSR count). The van der Waals surface area contributed by atoms with Gasteiger partial charge in [-0.05, 0) is 155 Å². The number of likely N-dealkylation sites (tertiary alicyclic amines) is 1. The van der Waals surface area contributed by atoms with Crippen LogP contribution in [0.5, 0.6) is 11.5 Å². The minimum absolute atomic E-state index is 0.139.